The second kappa shape index (κ2) is 9.51. The Balaban J connectivity index is 1.87. The molecule has 3 heteroatoms. The molecule has 0 aliphatic carbocycles. The predicted octanol–water partition coefficient (Wildman–Crippen LogP) is 4.86. The Morgan fingerprint density at radius 1 is 0.778 bits per heavy atom. The van der Waals surface area contributed by atoms with E-state index in [1.807, 2.05) is 102 Å². The lowest BCUT2D eigenvalue weighted by Crippen LogP contribution is -2.38. The maximum Gasteiger partial charge on any atom is 0.324 e. The van der Waals surface area contributed by atoms with E-state index in [1.165, 1.54) is 0 Å². The van der Waals surface area contributed by atoms with E-state index in [4.69, 9.17) is 0 Å². The van der Waals surface area contributed by atoms with Crippen LogP contribution < -0.4 is 0 Å². The average Bonchev–Trinajstić information content (AvgIpc) is 2.70. The molecule has 0 saturated heterocycles. The molecule has 1 atom stereocenters. The van der Waals surface area contributed by atoms with Crippen molar-refractivity contribution in [2.24, 2.45) is 0 Å². The molecule has 3 rings (SSSR count). The molecule has 3 aromatic rings. The third-order valence-corrected chi connectivity index (χ3v) is 4.37. The average molecular weight is 357 g/mol. The summed E-state index contributed by atoms with van der Waals surface area (Å²) in [4.78, 5) is 14.0. The Labute approximate surface area is 160 Å². The van der Waals surface area contributed by atoms with Crippen LogP contribution in [-0.4, -0.2) is 22.0 Å². The second-order valence-corrected chi connectivity index (χ2v) is 6.43. The normalized spacial score (nSPS) is 12.3. The van der Waals surface area contributed by atoms with E-state index in [0.29, 0.717) is 13.1 Å². The van der Waals surface area contributed by atoms with Gasteiger partial charge in [-0.3, -0.25) is 9.69 Å². The number of benzene rings is 3. The van der Waals surface area contributed by atoms with Gasteiger partial charge in [-0.1, -0.05) is 103 Å². The number of aliphatic carboxylic acids is 1. The van der Waals surface area contributed by atoms with Crippen LogP contribution in [0.1, 0.15) is 16.7 Å². The number of hydrogen-bond donors (Lipinski definition) is 1. The zero-order valence-corrected chi connectivity index (χ0v) is 15.1. The molecule has 0 aliphatic rings. The van der Waals surface area contributed by atoms with Gasteiger partial charge in [0, 0.05) is 13.1 Å². The van der Waals surface area contributed by atoms with Crippen molar-refractivity contribution in [3.8, 4) is 0 Å². The summed E-state index contributed by atoms with van der Waals surface area (Å²) in [6.07, 6.45) is 3.64. The maximum atomic E-state index is 12.0. The molecule has 0 saturated carbocycles. The lowest BCUT2D eigenvalue weighted by molar-refractivity contribution is -0.141. The van der Waals surface area contributed by atoms with Gasteiger partial charge in [0.15, 0.2) is 0 Å². The first kappa shape index (κ1) is 18.6. The molecule has 0 radical (unpaired) electrons. The van der Waals surface area contributed by atoms with Crippen molar-refractivity contribution in [1.29, 1.82) is 0 Å². The summed E-state index contributed by atoms with van der Waals surface area (Å²) in [6, 6.07) is 29.0. The first-order valence-electron chi connectivity index (χ1n) is 9.00. The highest BCUT2D eigenvalue weighted by molar-refractivity contribution is 5.77. The second-order valence-electron chi connectivity index (χ2n) is 6.43. The molecule has 1 N–H and O–H groups in total. The molecule has 0 aromatic heterocycles. The van der Waals surface area contributed by atoms with Crippen LogP contribution in [0.3, 0.4) is 0 Å². The fraction of sp³-hybridized carbons (Fsp3) is 0.125. The fourth-order valence-electron chi connectivity index (χ4n) is 3.02. The van der Waals surface area contributed by atoms with E-state index in [-0.39, 0.29) is 0 Å². The molecule has 3 nitrogen and oxygen atoms in total. The minimum absolute atomic E-state index is 0.561. The quantitative estimate of drug-likeness (QED) is 0.626. The number of carboxylic acid groups (broad SMARTS) is 1. The van der Waals surface area contributed by atoms with Crippen molar-refractivity contribution in [2.45, 2.75) is 19.1 Å². The van der Waals surface area contributed by atoms with Crippen molar-refractivity contribution >= 4 is 12.0 Å². The Kier molecular flexibility index (Phi) is 6.55. The molecule has 0 spiro atoms. The van der Waals surface area contributed by atoms with E-state index in [2.05, 4.69) is 0 Å². The molecular formula is C24H23NO2. The van der Waals surface area contributed by atoms with Crippen molar-refractivity contribution in [2.75, 3.05) is 0 Å². The highest BCUT2D eigenvalue weighted by Gasteiger charge is 2.23. The van der Waals surface area contributed by atoms with Gasteiger partial charge in [0.1, 0.15) is 6.04 Å². The van der Waals surface area contributed by atoms with Crippen LogP contribution in [0.15, 0.2) is 97.1 Å². The summed E-state index contributed by atoms with van der Waals surface area (Å²) < 4.78 is 0. The first-order chi connectivity index (χ1) is 13.2. The summed E-state index contributed by atoms with van der Waals surface area (Å²) in [7, 11) is 0. The molecule has 0 amide bonds. The van der Waals surface area contributed by atoms with Gasteiger partial charge < -0.3 is 5.11 Å². The van der Waals surface area contributed by atoms with E-state index in [0.717, 1.165) is 16.7 Å². The highest BCUT2D eigenvalue weighted by Crippen LogP contribution is 2.16. The van der Waals surface area contributed by atoms with Gasteiger partial charge in [-0.05, 0) is 16.7 Å². The summed E-state index contributed by atoms with van der Waals surface area (Å²) in [6.45, 7) is 1.12. The van der Waals surface area contributed by atoms with Crippen LogP contribution in [0.2, 0.25) is 0 Å². The molecule has 0 bridgehead atoms. The molecule has 0 fully saturated rings. The first-order valence-corrected chi connectivity index (χ1v) is 9.00. The van der Waals surface area contributed by atoms with E-state index in [9.17, 15) is 9.90 Å². The Morgan fingerprint density at radius 3 is 1.67 bits per heavy atom. The fourth-order valence-corrected chi connectivity index (χ4v) is 3.02. The number of rotatable bonds is 8. The van der Waals surface area contributed by atoms with Crippen molar-refractivity contribution in [1.82, 2.24) is 4.90 Å². The summed E-state index contributed by atoms with van der Waals surface area (Å²) in [5, 5.41) is 9.88. The van der Waals surface area contributed by atoms with E-state index >= 15 is 0 Å². The van der Waals surface area contributed by atoms with Gasteiger partial charge in [0.2, 0.25) is 0 Å². The SMILES string of the molecule is O=C(O)C(C=Cc1ccccc1)N(Cc1ccccc1)Cc1ccccc1. The van der Waals surface area contributed by atoms with Crippen LogP contribution in [0.4, 0.5) is 0 Å². The standard InChI is InChI=1S/C24H23NO2/c26-24(27)23(17-16-20-10-4-1-5-11-20)25(18-21-12-6-2-7-13-21)19-22-14-8-3-9-15-22/h1-17,23H,18-19H2,(H,26,27). The van der Waals surface area contributed by atoms with Crippen LogP contribution in [-0.2, 0) is 17.9 Å². The topological polar surface area (TPSA) is 40.5 Å². The van der Waals surface area contributed by atoms with Gasteiger partial charge in [-0.25, -0.2) is 0 Å². The lowest BCUT2D eigenvalue weighted by atomic mass is 10.1. The molecule has 0 heterocycles. The van der Waals surface area contributed by atoms with Crippen LogP contribution >= 0.6 is 0 Å². The molecule has 136 valence electrons. The molecule has 3 aromatic carbocycles. The summed E-state index contributed by atoms with van der Waals surface area (Å²) >= 11 is 0. The van der Waals surface area contributed by atoms with Gasteiger partial charge in [-0.15, -0.1) is 0 Å². The van der Waals surface area contributed by atoms with Gasteiger partial charge in [0.05, 0.1) is 0 Å². The maximum absolute atomic E-state index is 12.0. The summed E-state index contributed by atoms with van der Waals surface area (Å²) in [5.41, 5.74) is 3.17. The monoisotopic (exact) mass is 357 g/mol. The van der Waals surface area contributed by atoms with Crippen molar-refractivity contribution < 1.29 is 9.90 Å². The number of carboxylic acids is 1. The van der Waals surface area contributed by atoms with Crippen molar-refractivity contribution in [3.05, 3.63) is 114 Å². The minimum Gasteiger partial charge on any atom is -0.480 e. The van der Waals surface area contributed by atoms with Crippen LogP contribution in [0, 0.1) is 0 Å². The molecular weight excluding hydrogens is 334 g/mol. The Hall–Kier alpha value is -3.17. The molecule has 1 unspecified atom stereocenters. The van der Waals surface area contributed by atoms with Crippen LogP contribution in [0.25, 0.3) is 6.08 Å². The van der Waals surface area contributed by atoms with Gasteiger partial charge in [0.25, 0.3) is 0 Å². The Morgan fingerprint density at radius 2 is 1.22 bits per heavy atom. The molecule has 27 heavy (non-hydrogen) atoms. The smallest absolute Gasteiger partial charge is 0.324 e. The van der Waals surface area contributed by atoms with Gasteiger partial charge in [-0.2, -0.15) is 0 Å². The third-order valence-electron chi connectivity index (χ3n) is 4.37. The Bertz CT molecular complexity index is 819. The predicted molar refractivity (Wildman–Crippen MR) is 109 cm³/mol. The summed E-state index contributed by atoms with van der Waals surface area (Å²) in [5.74, 6) is -0.853. The number of hydrogen-bond acceptors (Lipinski definition) is 2. The minimum atomic E-state index is -0.853. The van der Waals surface area contributed by atoms with Crippen molar-refractivity contribution in [3.63, 3.8) is 0 Å². The number of nitrogens with zero attached hydrogens (tertiary/aromatic N) is 1. The zero-order valence-electron chi connectivity index (χ0n) is 15.1. The third kappa shape index (κ3) is 5.66. The number of carbonyl (C=O) groups is 1. The molecule has 0 aliphatic heterocycles. The highest BCUT2D eigenvalue weighted by atomic mass is 16.4. The van der Waals surface area contributed by atoms with E-state index in [1.54, 1.807) is 6.08 Å². The zero-order chi connectivity index (χ0) is 18.9. The van der Waals surface area contributed by atoms with Gasteiger partial charge >= 0.3 is 5.97 Å². The van der Waals surface area contributed by atoms with Crippen LogP contribution in [0.5, 0.6) is 0 Å². The lowest BCUT2D eigenvalue weighted by Gasteiger charge is -2.27. The van der Waals surface area contributed by atoms with E-state index < -0.39 is 12.0 Å². The largest absolute Gasteiger partial charge is 0.480 e.